The summed E-state index contributed by atoms with van der Waals surface area (Å²) < 4.78 is 0. The molecule has 1 atom stereocenters. The van der Waals surface area contributed by atoms with E-state index in [1.165, 1.54) is 11.3 Å². The summed E-state index contributed by atoms with van der Waals surface area (Å²) in [7, 11) is 0. The third-order valence-corrected chi connectivity index (χ3v) is 3.25. The minimum absolute atomic E-state index is 0.286. The Kier molecular flexibility index (Phi) is 1.65. The van der Waals surface area contributed by atoms with Crippen molar-refractivity contribution in [2.24, 2.45) is 0 Å². The molecule has 1 heterocycles. The standard InChI is InChI=1S/C8H9NO2S/c1-4-9-6-3-2-5(8(10)11)7(6)12-4/h5H,2-3H2,1H3,(H,10,11). The molecule has 3 nitrogen and oxygen atoms in total. The van der Waals surface area contributed by atoms with Gasteiger partial charge in [0.25, 0.3) is 0 Å². The van der Waals surface area contributed by atoms with E-state index < -0.39 is 5.97 Å². The van der Waals surface area contributed by atoms with Crippen molar-refractivity contribution < 1.29 is 9.90 Å². The number of fused-ring (bicyclic) bond motifs is 1. The summed E-state index contributed by atoms with van der Waals surface area (Å²) in [5, 5.41) is 9.83. The quantitative estimate of drug-likeness (QED) is 0.719. The summed E-state index contributed by atoms with van der Waals surface area (Å²) in [6.45, 7) is 1.92. The van der Waals surface area contributed by atoms with Crippen LogP contribution in [0.1, 0.15) is 27.9 Å². The summed E-state index contributed by atoms with van der Waals surface area (Å²) >= 11 is 1.52. The molecule has 0 spiro atoms. The van der Waals surface area contributed by atoms with E-state index in [-0.39, 0.29) is 5.92 Å². The van der Waals surface area contributed by atoms with Crippen LogP contribution in [0, 0.1) is 6.92 Å². The highest BCUT2D eigenvalue weighted by Crippen LogP contribution is 2.36. The summed E-state index contributed by atoms with van der Waals surface area (Å²) in [4.78, 5) is 16.0. The first-order chi connectivity index (χ1) is 5.68. The zero-order valence-electron chi connectivity index (χ0n) is 6.70. The molecule has 64 valence electrons. The van der Waals surface area contributed by atoms with Gasteiger partial charge in [0, 0.05) is 4.88 Å². The lowest BCUT2D eigenvalue weighted by atomic mass is 10.1. The number of hydrogen-bond acceptors (Lipinski definition) is 3. The molecule has 0 saturated carbocycles. The molecule has 0 aromatic carbocycles. The van der Waals surface area contributed by atoms with Crippen molar-refractivity contribution in [1.82, 2.24) is 4.98 Å². The van der Waals surface area contributed by atoms with Gasteiger partial charge in [-0.2, -0.15) is 0 Å². The van der Waals surface area contributed by atoms with E-state index in [0.717, 1.165) is 28.4 Å². The zero-order chi connectivity index (χ0) is 8.72. The molecule has 0 radical (unpaired) electrons. The maximum atomic E-state index is 10.8. The van der Waals surface area contributed by atoms with Crippen molar-refractivity contribution in [3.05, 3.63) is 15.6 Å². The molecule has 0 bridgehead atoms. The van der Waals surface area contributed by atoms with E-state index in [1.807, 2.05) is 6.92 Å². The smallest absolute Gasteiger partial charge is 0.311 e. The highest BCUT2D eigenvalue weighted by molar-refractivity contribution is 7.11. The molecule has 1 aliphatic rings. The average Bonchev–Trinajstić information content (AvgIpc) is 2.43. The second-order valence-electron chi connectivity index (χ2n) is 2.97. The SMILES string of the molecule is Cc1nc2c(s1)C(C(=O)O)CC2. The normalized spacial score (nSPS) is 20.9. The van der Waals surface area contributed by atoms with Gasteiger partial charge in [0.2, 0.25) is 0 Å². The minimum Gasteiger partial charge on any atom is -0.481 e. The van der Waals surface area contributed by atoms with Crippen LogP contribution >= 0.6 is 11.3 Å². The lowest BCUT2D eigenvalue weighted by Gasteiger charge is -1.99. The molecule has 1 aromatic heterocycles. The Morgan fingerprint density at radius 1 is 1.75 bits per heavy atom. The van der Waals surface area contributed by atoms with Crippen LogP contribution in [0.5, 0.6) is 0 Å². The number of thiazole rings is 1. The summed E-state index contributed by atoms with van der Waals surface area (Å²) in [5.74, 6) is -0.997. The second-order valence-corrected chi connectivity index (χ2v) is 4.21. The van der Waals surface area contributed by atoms with Gasteiger partial charge in [-0.05, 0) is 19.8 Å². The van der Waals surface area contributed by atoms with Crippen LogP contribution in [0.15, 0.2) is 0 Å². The fourth-order valence-electron chi connectivity index (χ4n) is 1.59. The first-order valence-corrected chi connectivity index (χ1v) is 4.69. The molecule has 0 aliphatic heterocycles. The Morgan fingerprint density at radius 3 is 3.17 bits per heavy atom. The number of rotatable bonds is 1. The Bertz CT molecular complexity index is 332. The van der Waals surface area contributed by atoms with Gasteiger partial charge in [0.15, 0.2) is 0 Å². The molecule has 12 heavy (non-hydrogen) atoms. The van der Waals surface area contributed by atoms with Crippen molar-refractivity contribution in [3.63, 3.8) is 0 Å². The van der Waals surface area contributed by atoms with Gasteiger partial charge >= 0.3 is 5.97 Å². The molecule has 0 fully saturated rings. The van der Waals surface area contributed by atoms with Crippen LogP contribution in [0.2, 0.25) is 0 Å². The highest BCUT2D eigenvalue weighted by Gasteiger charge is 2.31. The third kappa shape index (κ3) is 1.03. The van der Waals surface area contributed by atoms with E-state index in [1.54, 1.807) is 0 Å². The lowest BCUT2D eigenvalue weighted by Crippen LogP contribution is -2.06. The topological polar surface area (TPSA) is 50.2 Å². The number of hydrogen-bond donors (Lipinski definition) is 1. The van der Waals surface area contributed by atoms with E-state index in [0.29, 0.717) is 0 Å². The number of carbonyl (C=O) groups is 1. The Balaban J connectivity index is 2.41. The molecule has 0 saturated heterocycles. The van der Waals surface area contributed by atoms with Crippen molar-refractivity contribution in [3.8, 4) is 0 Å². The number of aromatic nitrogens is 1. The van der Waals surface area contributed by atoms with Crippen molar-refractivity contribution in [2.75, 3.05) is 0 Å². The van der Waals surface area contributed by atoms with Crippen molar-refractivity contribution >= 4 is 17.3 Å². The number of carboxylic acid groups (broad SMARTS) is 1. The van der Waals surface area contributed by atoms with Gasteiger partial charge in [-0.25, -0.2) is 4.98 Å². The Labute approximate surface area is 74.1 Å². The molecule has 1 aliphatic carbocycles. The van der Waals surface area contributed by atoms with E-state index in [2.05, 4.69) is 4.98 Å². The van der Waals surface area contributed by atoms with Crippen molar-refractivity contribution in [1.29, 1.82) is 0 Å². The predicted octanol–water partition coefficient (Wildman–Crippen LogP) is 1.57. The zero-order valence-corrected chi connectivity index (χ0v) is 7.52. The van der Waals surface area contributed by atoms with Crippen LogP contribution in [-0.4, -0.2) is 16.1 Å². The van der Waals surface area contributed by atoms with E-state index in [4.69, 9.17) is 5.11 Å². The number of carboxylic acids is 1. The first-order valence-electron chi connectivity index (χ1n) is 3.87. The third-order valence-electron chi connectivity index (χ3n) is 2.12. The molecule has 1 unspecified atom stereocenters. The van der Waals surface area contributed by atoms with Gasteiger partial charge in [-0.3, -0.25) is 4.79 Å². The van der Waals surface area contributed by atoms with E-state index in [9.17, 15) is 4.79 Å². The molecular formula is C8H9NO2S. The second kappa shape index (κ2) is 2.55. The van der Waals surface area contributed by atoms with Crippen LogP contribution in [-0.2, 0) is 11.2 Å². The average molecular weight is 183 g/mol. The fraction of sp³-hybridized carbons (Fsp3) is 0.500. The number of aryl methyl sites for hydroxylation is 2. The molecule has 1 aromatic rings. The summed E-state index contributed by atoms with van der Waals surface area (Å²) in [5.41, 5.74) is 1.00. The number of nitrogens with zero attached hydrogens (tertiary/aromatic N) is 1. The molecule has 0 amide bonds. The van der Waals surface area contributed by atoms with Crippen LogP contribution in [0.3, 0.4) is 0 Å². The van der Waals surface area contributed by atoms with Crippen LogP contribution < -0.4 is 0 Å². The maximum absolute atomic E-state index is 10.8. The van der Waals surface area contributed by atoms with Gasteiger partial charge < -0.3 is 5.11 Å². The fourth-order valence-corrected chi connectivity index (χ4v) is 2.69. The summed E-state index contributed by atoms with van der Waals surface area (Å²) in [6, 6.07) is 0. The number of aliphatic carboxylic acids is 1. The van der Waals surface area contributed by atoms with Gasteiger partial charge in [-0.1, -0.05) is 0 Å². The van der Waals surface area contributed by atoms with Crippen LogP contribution in [0.4, 0.5) is 0 Å². The molecule has 4 heteroatoms. The van der Waals surface area contributed by atoms with Crippen molar-refractivity contribution in [2.45, 2.75) is 25.7 Å². The molecular weight excluding hydrogens is 174 g/mol. The van der Waals surface area contributed by atoms with Crippen LogP contribution in [0.25, 0.3) is 0 Å². The van der Waals surface area contributed by atoms with Gasteiger partial charge in [0.1, 0.15) is 0 Å². The Hall–Kier alpha value is -0.900. The lowest BCUT2D eigenvalue weighted by molar-refractivity contribution is -0.138. The van der Waals surface area contributed by atoms with Gasteiger partial charge in [-0.15, -0.1) is 11.3 Å². The minimum atomic E-state index is -0.711. The molecule has 1 N–H and O–H groups in total. The monoisotopic (exact) mass is 183 g/mol. The largest absolute Gasteiger partial charge is 0.481 e. The predicted molar refractivity (Wildman–Crippen MR) is 45.5 cm³/mol. The van der Waals surface area contributed by atoms with Gasteiger partial charge in [0.05, 0.1) is 16.6 Å². The molecule has 2 rings (SSSR count). The summed E-state index contributed by atoms with van der Waals surface area (Å²) in [6.07, 6.45) is 1.56. The maximum Gasteiger partial charge on any atom is 0.311 e. The first kappa shape index (κ1) is 7.73. The Morgan fingerprint density at radius 2 is 2.50 bits per heavy atom. The van der Waals surface area contributed by atoms with E-state index >= 15 is 0 Å². The highest BCUT2D eigenvalue weighted by atomic mass is 32.1.